The molecule has 0 saturated heterocycles. The Kier molecular flexibility index (Phi) is 4.41. The second kappa shape index (κ2) is 5.48. The summed E-state index contributed by atoms with van der Waals surface area (Å²) in [5.41, 5.74) is -0.936. The minimum Gasteiger partial charge on any atom is -0.197 e. The van der Waals surface area contributed by atoms with Gasteiger partial charge in [-0.25, -0.2) is 0 Å². The Labute approximate surface area is 111 Å². The first kappa shape index (κ1) is 15.3. The number of halogens is 3. The molecular formula is C15H16F3N. The smallest absolute Gasteiger partial charge is 0.197 e. The SMILES string of the molecule is C=CC[C@@](C#N)(c1ccc(C(F)(F)F)cc1)C(C)C. The Morgan fingerprint density at radius 1 is 1.21 bits per heavy atom. The summed E-state index contributed by atoms with van der Waals surface area (Å²) in [5.74, 6) is -0.0211. The van der Waals surface area contributed by atoms with Gasteiger partial charge in [0.05, 0.1) is 17.0 Å². The van der Waals surface area contributed by atoms with Crippen molar-refractivity contribution in [1.82, 2.24) is 0 Å². The van der Waals surface area contributed by atoms with E-state index in [1.165, 1.54) is 12.1 Å². The maximum atomic E-state index is 12.5. The molecule has 4 heteroatoms. The summed E-state index contributed by atoms with van der Waals surface area (Å²) in [4.78, 5) is 0. The lowest BCUT2D eigenvalue weighted by atomic mass is 9.70. The first-order chi connectivity index (χ1) is 8.78. The molecular weight excluding hydrogens is 251 g/mol. The zero-order valence-electron chi connectivity index (χ0n) is 11.0. The van der Waals surface area contributed by atoms with Crippen LogP contribution in [-0.4, -0.2) is 0 Å². The summed E-state index contributed by atoms with van der Waals surface area (Å²) in [6.07, 6.45) is -2.32. The number of alkyl halides is 3. The van der Waals surface area contributed by atoms with E-state index in [0.717, 1.165) is 12.1 Å². The van der Waals surface area contributed by atoms with Gasteiger partial charge in [0.2, 0.25) is 0 Å². The number of allylic oxidation sites excluding steroid dienone is 1. The minimum absolute atomic E-state index is 0.0211. The van der Waals surface area contributed by atoms with Gasteiger partial charge in [0, 0.05) is 0 Å². The highest BCUT2D eigenvalue weighted by Crippen LogP contribution is 2.37. The van der Waals surface area contributed by atoms with E-state index in [9.17, 15) is 18.4 Å². The highest BCUT2D eigenvalue weighted by molar-refractivity contribution is 5.37. The maximum Gasteiger partial charge on any atom is 0.416 e. The molecule has 0 heterocycles. The molecule has 0 unspecified atom stereocenters. The standard InChI is InChI=1S/C15H16F3N/c1-4-9-14(10-19,11(2)3)12-5-7-13(8-6-12)15(16,17)18/h4-8,11H,1,9H2,2-3H3/t14-/m0/s1. The van der Waals surface area contributed by atoms with Gasteiger partial charge in [-0.15, -0.1) is 6.58 Å². The van der Waals surface area contributed by atoms with Crippen molar-refractivity contribution in [3.63, 3.8) is 0 Å². The Morgan fingerprint density at radius 2 is 1.68 bits per heavy atom. The van der Waals surface area contributed by atoms with Gasteiger partial charge in [0.25, 0.3) is 0 Å². The lowest BCUT2D eigenvalue weighted by Gasteiger charge is -2.30. The first-order valence-corrected chi connectivity index (χ1v) is 5.98. The van der Waals surface area contributed by atoms with Crippen molar-refractivity contribution >= 4 is 0 Å². The molecule has 0 spiro atoms. The summed E-state index contributed by atoms with van der Waals surface area (Å²) in [6, 6.07) is 7.05. The molecule has 1 aromatic rings. The van der Waals surface area contributed by atoms with Crippen molar-refractivity contribution in [2.45, 2.75) is 31.9 Å². The van der Waals surface area contributed by atoms with Crippen LogP contribution in [0.3, 0.4) is 0 Å². The molecule has 1 rings (SSSR count). The summed E-state index contributed by atoms with van der Waals surface area (Å²) in [7, 11) is 0. The van der Waals surface area contributed by atoms with E-state index < -0.39 is 17.2 Å². The number of hydrogen-bond donors (Lipinski definition) is 0. The van der Waals surface area contributed by atoms with Crippen LogP contribution in [0.2, 0.25) is 0 Å². The number of rotatable bonds is 4. The topological polar surface area (TPSA) is 23.8 Å². The second-order valence-electron chi connectivity index (χ2n) is 4.81. The third kappa shape index (κ3) is 2.98. The lowest BCUT2D eigenvalue weighted by Crippen LogP contribution is -2.30. The molecule has 0 radical (unpaired) electrons. The van der Waals surface area contributed by atoms with Gasteiger partial charge in [-0.05, 0) is 30.0 Å². The molecule has 1 nitrogen and oxygen atoms in total. The van der Waals surface area contributed by atoms with Crippen LogP contribution >= 0.6 is 0 Å². The van der Waals surface area contributed by atoms with Crippen LogP contribution in [0.5, 0.6) is 0 Å². The van der Waals surface area contributed by atoms with Crippen molar-refractivity contribution in [3.8, 4) is 6.07 Å². The molecule has 0 N–H and O–H groups in total. The second-order valence-corrected chi connectivity index (χ2v) is 4.81. The average molecular weight is 267 g/mol. The van der Waals surface area contributed by atoms with Crippen molar-refractivity contribution in [2.24, 2.45) is 5.92 Å². The molecule has 0 aromatic heterocycles. The van der Waals surface area contributed by atoms with Gasteiger partial charge in [0.15, 0.2) is 0 Å². The average Bonchev–Trinajstić information content (AvgIpc) is 2.35. The normalized spacial score (nSPS) is 14.8. The predicted molar refractivity (Wildman–Crippen MR) is 68.4 cm³/mol. The minimum atomic E-state index is -4.36. The van der Waals surface area contributed by atoms with Gasteiger partial charge in [0.1, 0.15) is 0 Å². The fourth-order valence-electron chi connectivity index (χ4n) is 2.11. The molecule has 0 aliphatic carbocycles. The van der Waals surface area contributed by atoms with Gasteiger partial charge >= 0.3 is 6.18 Å². The van der Waals surface area contributed by atoms with Crippen molar-refractivity contribution in [1.29, 1.82) is 5.26 Å². The predicted octanol–water partition coefficient (Wildman–Crippen LogP) is 4.70. The highest BCUT2D eigenvalue weighted by Gasteiger charge is 2.36. The largest absolute Gasteiger partial charge is 0.416 e. The fraction of sp³-hybridized carbons (Fsp3) is 0.400. The molecule has 1 atom stereocenters. The fourth-order valence-corrected chi connectivity index (χ4v) is 2.11. The van der Waals surface area contributed by atoms with Crippen LogP contribution in [0.25, 0.3) is 0 Å². The van der Waals surface area contributed by atoms with Crippen LogP contribution in [0.4, 0.5) is 13.2 Å². The molecule has 0 fully saturated rings. The first-order valence-electron chi connectivity index (χ1n) is 5.98. The number of hydrogen-bond acceptors (Lipinski definition) is 1. The van der Waals surface area contributed by atoms with E-state index in [1.807, 2.05) is 13.8 Å². The number of nitrogens with zero attached hydrogens (tertiary/aromatic N) is 1. The third-order valence-corrected chi connectivity index (χ3v) is 3.38. The third-order valence-electron chi connectivity index (χ3n) is 3.38. The maximum absolute atomic E-state index is 12.5. The van der Waals surface area contributed by atoms with E-state index in [2.05, 4.69) is 12.6 Å². The Balaban J connectivity index is 3.26. The van der Waals surface area contributed by atoms with Crippen LogP contribution in [-0.2, 0) is 11.6 Å². The lowest BCUT2D eigenvalue weighted by molar-refractivity contribution is -0.137. The molecule has 0 aliphatic heterocycles. The highest BCUT2D eigenvalue weighted by atomic mass is 19.4. The van der Waals surface area contributed by atoms with Gasteiger partial charge in [-0.1, -0.05) is 32.1 Å². The summed E-state index contributed by atoms with van der Waals surface area (Å²) < 4.78 is 37.6. The number of nitriles is 1. The van der Waals surface area contributed by atoms with Crippen molar-refractivity contribution in [3.05, 3.63) is 48.0 Å². The zero-order chi connectivity index (χ0) is 14.7. The van der Waals surface area contributed by atoms with E-state index in [0.29, 0.717) is 12.0 Å². The molecule has 0 saturated carbocycles. The molecule has 1 aromatic carbocycles. The summed E-state index contributed by atoms with van der Waals surface area (Å²) >= 11 is 0. The van der Waals surface area contributed by atoms with Crippen LogP contribution in [0, 0.1) is 17.2 Å². The Bertz CT molecular complexity index is 480. The van der Waals surface area contributed by atoms with Gasteiger partial charge in [-0.3, -0.25) is 0 Å². The molecule has 0 aliphatic rings. The van der Waals surface area contributed by atoms with E-state index in [4.69, 9.17) is 0 Å². The van der Waals surface area contributed by atoms with Gasteiger partial charge < -0.3 is 0 Å². The van der Waals surface area contributed by atoms with Crippen LogP contribution < -0.4 is 0 Å². The number of benzene rings is 1. The molecule has 0 amide bonds. The van der Waals surface area contributed by atoms with Crippen LogP contribution in [0.1, 0.15) is 31.4 Å². The Hall–Kier alpha value is -1.76. The molecule has 102 valence electrons. The van der Waals surface area contributed by atoms with Crippen molar-refractivity contribution < 1.29 is 13.2 Å². The summed E-state index contributed by atoms with van der Waals surface area (Å²) in [6.45, 7) is 7.39. The quantitative estimate of drug-likeness (QED) is 0.725. The Morgan fingerprint density at radius 3 is 2.00 bits per heavy atom. The van der Waals surface area contributed by atoms with E-state index in [1.54, 1.807) is 6.08 Å². The monoisotopic (exact) mass is 267 g/mol. The summed E-state index contributed by atoms with van der Waals surface area (Å²) in [5, 5.41) is 9.44. The van der Waals surface area contributed by atoms with Gasteiger partial charge in [-0.2, -0.15) is 18.4 Å². The zero-order valence-corrected chi connectivity index (χ0v) is 11.0. The van der Waals surface area contributed by atoms with Crippen LogP contribution in [0.15, 0.2) is 36.9 Å². The molecule has 19 heavy (non-hydrogen) atoms. The molecule has 0 bridgehead atoms. The van der Waals surface area contributed by atoms with Crippen molar-refractivity contribution in [2.75, 3.05) is 0 Å². The van der Waals surface area contributed by atoms with E-state index in [-0.39, 0.29) is 5.92 Å². The van der Waals surface area contributed by atoms with E-state index >= 15 is 0 Å².